The third kappa shape index (κ3) is 5.85. The van der Waals surface area contributed by atoms with Crippen molar-refractivity contribution in [2.45, 2.75) is 12.8 Å². The number of halogens is 3. The number of carbonyl (C=O) groups is 1. The summed E-state index contributed by atoms with van der Waals surface area (Å²) in [6.07, 6.45) is -3.14. The van der Waals surface area contributed by atoms with Crippen molar-refractivity contribution in [1.82, 2.24) is 4.98 Å². The van der Waals surface area contributed by atoms with Crippen LogP contribution in [-0.4, -0.2) is 43.6 Å². The summed E-state index contributed by atoms with van der Waals surface area (Å²) in [5.41, 5.74) is 1.12. The number of aromatic nitrogens is 1. The van der Waals surface area contributed by atoms with Crippen molar-refractivity contribution in [2.75, 3.05) is 36.5 Å². The Morgan fingerprint density at radius 2 is 1.85 bits per heavy atom. The Labute approximate surface area is 153 Å². The van der Waals surface area contributed by atoms with Gasteiger partial charge in [0.2, 0.25) is 5.91 Å². The second-order valence-electron chi connectivity index (χ2n) is 5.92. The molecule has 1 aliphatic rings. The van der Waals surface area contributed by atoms with E-state index in [1.807, 2.05) is 6.07 Å². The second kappa shape index (κ2) is 8.26. The van der Waals surface area contributed by atoms with Gasteiger partial charge in [-0.15, -0.1) is 13.2 Å². The van der Waals surface area contributed by atoms with Gasteiger partial charge in [0.15, 0.2) is 0 Å². The molecule has 2 heterocycles. The first-order valence-corrected chi connectivity index (χ1v) is 8.32. The van der Waals surface area contributed by atoms with Crippen molar-refractivity contribution in [2.24, 2.45) is 0 Å². The number of pyridine rings is 1. The number of alkyl halides is 3. The fourth-order valence-electron chi connectivity index (χ4n) is 2.64. The van der Waals surface area contributed by atoms with Gasteiger partial charge in [-0.1, -0.05) is 12.1 Å². The number of morpholine rings is 1. The Morgan fingerprint density at radius 3 is 2.44 bits per heavy atom. The standard InChI is InChI=1S/C18H18F3N3O3/c19-18(20,21)27-15-4-1-13(2-5-15)11-17(25)23-14-3-6-16(22-12-14)24-7-9-26-10-8-24/h1-6,12H,7-11H2,(H,23,25). The Bertz CT molecular complexity index is 758. The predicted octanol–water partition coefficient (Wildman–Crippen LogP) is 3.00. The van der Waals surface area contributed by atoms with Crippen LogP contribution in [0.25, 0.3) is 0 Å². The lowest BCUT2D eigenvalue weighted by Gasteiger charge is -2.27. The van der Waals surface area contributed by atoms with E-state index in [9.17, 15) is 18.0 Å². The van der Waals surface area contributed by atoms with E-state index in [1.54, 1.807) is 12.3 Å². The Kier molecular flexibility index (Phi) is 5.80. The van der Waals surface area contributed by atoms with Gasteiger partial charge in [0.05, 0.1) is 31.5 Å². The molecule has 1 amide bonds. The maximum Gasteiger partial charge on any atom is 0.573 e. The smallest absolute Gasteiger partial charge is 0.406 e. The predicted molar refractivity (Wildman–Crippen MR) is 92.7 cm³/mol. The summed E-state index contributed by atoms with van der Waals surface area (Å²) in [6, 6.07) is 8.77. The number of hydrogen-bond donors (Lipinski definition) is 1. The van der Waals surface area contributed by atoms with Crippen LogP contribution in [-0.2, 0) is 16.0 Å². The van der Waals surface area contributed by atoms with E-state index in [-0.39, 0.29) is 18.1 Å². The van der Waals surface area contributed by atoms with Crippen LogP contribution in [0, 0.1) is 0 Å². The van der Waals surface area contributed by atoms with Crippen LogP contribution in [0.1, 0.15) is 5.56 Å². The summed E-state index contributed by atoms with van der Waals surface area (Å²) < 4.78 is 45.5. The van der Waals surface area contributed by atoms with Gasteiger partial charge in [-0.3, -0.25) is 4.79 Å². The van der Waals surface area contributed by atoms with Crippen molar-refractivity contribution in [3.63, 3.8) is 0 Å². The molecule has 2 aromatic rings. The number of rotatable bonds is 5. The lowest BCUT2D eigenvalue weighted by atomic mass is 10.1. The van der Waals surface area contributed by atoms with E-state index in [0.29, 0.717) is 24.5 Å². The largest absolute Gasteiger partial charge is 0.573 e. The van der Waals surface area contributed by atoms with E-state index in [2.05, 4.69) is 19.9 Å². The average molecular weight is 381 g/mol. The number of ether oxygens (including phenoxy) is 2. The molecule has 0 saturated carbocycles. The summed E-state index contributed by atoms with van der Waals surface area (Å²) >= 11 is 0. The van der Waals surface area contributed by atoms with Crippen LogP contribution < -0.4 is 15.0 Å². The van der Waals surface area contributed by atoms with Gasteiger partial charge in [-0.2, -0.15) is 0 Å². The van der Waals surface area contributed by atoms with Gasteiger partial charge in [0.25, 0.3) is 0 Å². The van der Waals surface area contributed by atoms with Crippen molar-refractivity contribution in [3.05, 3.63) is 48.2 Å². The summed E-state index contributed by atoms with van der Waals surface area (Å²) in [7, 11) is 0. The molecule has 0 bridgehead atoms. The number of nitrogens with one attached hydrogen (secondary N) is 1. The molecule has 0 radical (unpaired) electrons. The second-order valence-corrected chi connectivity index (χ2v) is 5.92. The van der Waals surface area contributed by atoms with E-state index >= 15 is 0 Å². The van der Waals surface area contributed by atoms with Gasteiger partial charge in [0, 0.05) is 13.1 Å². The van der Waals surface area contributed by atoms with Gasteiger partial charge in [0.1, 0.15) is 11.6 Å². The minimum atomic E-state index is -4.74. The molecular weight excluding hydrogens is 363 g/mol. The zero-order valence-electron chi connectivity index (χ0n) is 14.3. The van der Waals surface area contributed by atoms with Crippen molar-refractivity contribution >= 4 is 17.4 Å². The molecule has 1 fully saturated rings. The highest BCUT2D eigenvalue weighted by Crippen LogP contribution is 2.23. The maximum absolute atomic E-state index is 12.1. The molecular formula is C18H18F3N3O3. The zero-order chi connectivity index (χ0) is 19.3. The molecule has 1 aromatic heterocycles. The molecule has 3 rings (SSSR count). The lowest BCUT2D eigenvalue weighted by molar-refractivity contribution is -0.274. The van der Waals surface area contributed by atoms with Gasteiger partial charge in [-0.05, 0) is 29.8 Å². The lowest BCUT2D eigenvalue weighted by Crippen LogP contribution is -2.36. The van der Waals surface area contributed by atoms with Crippen molar-refractivity contribution in [3.8, 4) is 5.75 Å². The molecule has 1 N–H and O–H groups in total. The van der Waals surface area contributed by atoms with E-state index in [0.717, 1.165) is 18.9 Å². The highest BCUT2D eigenvalue weighted by molar-refractivity contribution is 5.92. The van der Waals surface area contributed by atoms with Crippen LogP contribution in [0.5, 0.6) is 5.75 Å². The van der Waals surface area contributed by atoms with Crippen molar-refractivity contribution < 1.29 is 27.4 Å². The van der Waals surface area contributed by atoms with E-state index < -0.39 is 6.36 Å². The van der Waals surface area contributed by atoms with Gasteiger partial charge < -0.3 is 19.7 Å². The Hall–Kier alpha value is -2.81. The average Bonchev–Trinajstić information content (AvgIpc) is 2.63. The van der Waals surface area contributed by atoms with Crippen LogP contribution in [0.15, 0.2) is 42.6 Å². The molecule has 6 nitrogen and oxygen atoms in total. The zero-order valence-corrected chi connectivity index (χ0v) is 14.3. The molecule has 0 atom stereocenters. The molecule has 1 aromatic carbocycles. The number of nitrogens with zero attached hydrogens (tertiary/aromatic N) is 2. The third-order valence-corrected chi connectivity index (χ3v) is 3.89. The minimum Gasteiger partial charge on any atom is -0.406 e. The van der Waals surface area contributed by atoms with E-state index in [1.165, 1.54) is 24.3 Å². The van der Waals surface area contributed by atoms with Crippen LogP contribution >= 0.6 is 0 Å². The summed E-state index contributed by atoms with van der Waals surface area (Å²) in [5.74, 6) is 0.200. The number of amides is 1. The SMILES string of the molecule is O=C(Cc1ccc(OC(F)(F)F)cc1)Nc1ccc(N2CCOCC2)nc1. The molecule has 1 saturated heterocycles. The minimum absolute atomic E-state index is 0.0253. The molecule has 0 aliphatic carbocycles. The number of carbonyl (C=O) groups excluding carboxylic acids is 1. The molecule has 0 spiro atoms. The summed E-state index contributed by atoms with van der Waals surface area (Å²) in [6.45, 7) is 2.86. The Morgan fingerprint density at radius 1 is 1.15 bits per heavy atom. The quantitative estimate of drug-likeness (QED) is 0.863. The monoisotopic (exact) mass is 381 g/mol. The maximum atomic E-state index is 12.1. The van der Waals surface area contributed by atoms with Crippen LogP contribution in [0.2, 0.25) is 0 Å². The number of anilines is 2. The fourth-order valence-corrected chi connectivity index (χ4v) is 2.64. The first-order chi connectivity index (χ1) is 12.9. The summed E-state index contributed by atoms with van der Waals surface area (Å²) in [5, 5.41) is 2.72. The first-order valence-electron chi connectivity index (χ1n) is 8.32. The van der Waals surface area contributed by atoms with Crippen LogP contribution in [0.3, 0.4) is 0 Å². The molecule has 1 aliphatic heterocycles. The van der Waals surface area contributed by atoms with E-state index in [4.69, 9.17) is 4.74 Å². The molecule has 9 heteroatoms. The highest BCUT2D eigenvalue weighted by atomic mass is 19.4. The molecule has 27 heavy (non-hydrogen) atoms. The molecule has 144 valence electrons. The topological polar surface area (TPSA) is 63.7 Å². The first kappa shape index (κ1) is 19.0. The number of hydrogen-bond acceptors (Lipinski definition) is 5. The van der Waals surface area contributed by atoms with Crippen molar-refractivity contribution in [1.29, 1.82) is 0 Å². The van der Waals surface area contributed by atoms with Gasteiger partial charge >= 0.3 is 6.36 Å². The van der Waals surface area contributed by atoms with Crippen LogP contribution in [0.4, 0.5) is 24.7 Å². The van der Waals surface area contributed by atoms with Gasteiger partial charge in [-0.25, -0.2) is 4.98 Å². The Balaban J connectivity index is 1.53. The fraction of sp³-hybridized carbons (Fsp3) is 0.333. The third-order valence-electron chi connectivity index (χ3n) is 3.89. The molecule has 0 unspecified atom stereocenters. The summed E-state index contributed by atoms with van der Waals surface area (Å²) in [4.78, 5) is 18.5. The normalized spacial score (nSPS) is 14.7. The number of benzene rings is 1. The highest BCUT2D eigenvalue weighted by Gasteiger charge is 2.30.